The summed E-state index contributed by atoms with van der Waals surface area (Å²) in [6, 6.07) is 5.49. The quantitative estimate of drug-likeness (QED) is 0.884. The largest absolute Gasteiger partial charge is 0.493 e. The third-order valence-corrected chi connectivity index (χ3v) is 3.18. The minimum Gasteiger partial charge on any atom is -0.493 e. The molecule has 0 aliphatic carbocycles. The second kappa shape index (κ2) is 5.31. The minimum absolute atomic E-state index is 0.00457. The number of ether oxygens (including phenoxy) is 1. The van der Waals surface area contributed by atoms with Crippen molar-refractivity contribution >= 4 is 23.2 Å². The fraction of sp³-hybridized carbons (Fsp3) is 0.308. The third kappa shape index (κ3) is 2.59. The number of methoxy groups -OCH3 is 1. The van der Waals surface area contributed by atoms with Crippen LogP contribution in [0, 0.1) is 0 Å². The molecule has 5 heteroatoms. The standard InChI is InChI=1S/C13H15ClN2O2/c1-8-10(6-7-12(17)15-8)16-11-5-3-4-9(14)13(11)18-2/h3-5,10,16H,1,6-7H2,2H3,(H,15,17). The Bertz CT molecular complexity index is 488. The lowest BCUT2D eigenvalue weighted by atomic mass is 10.0. The van der Waals surface area contributed by atoms with E-state index in [4.69, 9.17) is 16.3 Å². The van der Waals surface area contributed by atoms with Crippen molar-refractivity contribution in [2.24, 2.45) is 0 Å². The molecule has 18 heavy (non-hydrogen) atoms. The first-order chi connectivity index (χ1) is 8.61. The van der Waals surface area contributed by atoms with Gasteiger partial charge in [0, 0.05) is 12.1 Å². The Labute approximate surface area is 111 Å². The van der Waals surface area contributed by atoms with Gasteiger partial charge >= 0.3 is 0 Å². The number of rotatable bonds is 3. The molecule has 0 spiro atoms. The van der Waals surface area contributed by atoms with Crippen LogP contribution in [0.3, 0.4) is 0 Å². The Hall–Kier alpha value is -1.68. The first kappa shape index (κ1) is 12.8. The molecule has 1 aliphatic rings. The summed E-state index contributed by atoms with van der Waals surface area (Å²) in [5, 5.41) is 6.57. The number of nitrogens with one attached hydrogen (secondary N) is 2. The normalized spacial score (nSPS) is 19.3. The Morgan fingerprint density at radius 2 is 2.33 bits per heavy atom. The molecule has 1 unspecified atom stereocenters. The molecule has 0 aromatic heterocycles. The van der Waals surface area contributed by atoms with E-state index in [-0.39, 0.29) is 11.9 Å². The molecule has 1 heterocycles. The first-order valence-corrected chi connectivity index (χ1v) is 6.07. The van der Waals surface area contributed by atoms with Crippen molar-refractivity contribution < 1.29 is 9.53 Å². The lowest BCUT2D eigenvalue weighted by Crippen LogP contribution is -2.39. The van der Waals surface area contributed by atoms with Gasteiger partial charge in [-0.15, -0.1) is 0 Å². The van der Waals surface area contributed by atoms with E-state index in [0.717, 1.165) is 5.69 Å². The van der Waals surface area contributed by atoms with Gasteiger partial charge in [0.1, 0.15) is 0 Å². The number of carbonyl (C=O) groups excluding carboxylic acids is 1. The molecule has 2 N–H and O–H groups in total. The highest BCUT2D eigenvalue weighted by Crippen LogP contribution is 2.33. The van der Waals surface area contributed by atoms with Gasteiger partial charge in [-0.3, -0.25) is 4.79 Å². The molecule has 1 fully saturated rings. The van der Waals surface area contributed by atoms with Gasteiger partial charge in [0.15, 0.2) is 5.75 Å². The minimum atomic E-state index is -0.00457. The number of para-hydroxylation sites is 1. The van der Waals surface area contributed by atoms with Crippen LogP contribution >= 0.6 is 11.6 Å². The van der Waals surface area contributed by atoms with Gasteiger partial charge in [-0.2, -0.15) is 0 Å². The molecule has 4 nitrogen and oxygen atoms in total. The third-order valence-electron chi connectivity index (χ3n) is 2.88. The number of piperidine rings is 1. The summed E-state index contributed by atoms with van der Waals surface area (Å²) in [4.78, 5) is 11.2. The van der Waals surface area contributed by atoms with Crippen LogP contribution in [0.15, 0.2) is 30.5 Å². The predicted octanol–water partition coefficient (Wildman–Crippen LogP) is 2.55. The lowest BCUT2D eigenvalue weighted by molar-refractivity contribution is -0.121. The Balaban J connectivity index is 2.17. The Kier molecular flexibility index (Phi) is 3.77. The van der Waals surface area contributed by atoms with Crippen molar-refractivity contribution in [1.29, 1.82) is 0 Å². The van der Waals surface area contributed by atoms with Gasteiger partial charge in [0.2, 0.25) is 5.91 Å². The van der Waals surface area contributed by atoms with E-state index in [2.05, 4.69) is 17.2 Å². The van der Waals surface area contributed by atoms with Crippen molar-refractivity contribution in [2.75, 3.05) is 12.4 Å². The zero-order chi connectivity index (χ0) is 13.1. The highest BCUT2D eigenvalue weighted by Gasteiger charge is 2.22. The molecule has 1 aromatic carbocycles. The average molecular weight is 267 g/mol. The maximum Gasteiger partial charge on any atom is 0.224 e. The highest BCUT2D eigenvalue weighted by molar-refractivity contribution is 6.32. The van der Waals surface area contributed by atoms with Crippen molar-refractivity contribution in [1.82, 2.24) is 5.32 Å². The van der Waals surface area contributed by atoms with Crippen molar-refractivity contribution in [3.8, 4) is 5.75 Å². The zero-order valence-electron chi connectivity index (χ0n) is 10.1. The highest BCUT2D eigenvalue weighted by atomic mass is 35.5. The van der Waals surface area contributed by atoms with Crippen molar-refractivity contribution in [3.05, 3.63) is 35.5 Å². The smallest absolute Gasteiger partial charge is 0.224 e. The summed E-state index contributed by atoms with van der Waals surface area (Å²) in [7, 11) is 1.57. The lowest BCUT2D eigenvalue weighted by Gasteiger charge is -2.27. The van der Waals surface area contributed by atoms with Crippen LogP contribution in [0.1, 0.15) is 12.8 Å². The monoisotopic (exact) mass is 266 g/mol. The molecular weight excluding hydrogens is 252 g/mol. The van der Waals surface area contributed by atoms with Gasteiger partial charge in [-0.25, -0.2) is 0 Å². The molecule has 0 saturated carbocycles. The molecule has 2 rings (SSSR count). The number of benzene rings is 1. The van der Waals surface area contributed by atoms with Crippen LogP contribution in [-0.4, -0.2) is 19.1 Å². The second-order valence-electron chi connectivity index (χ2n) is 4.13. The number of hydrogen-bond acceptors (Lipinski definition) is 3. The fourth-order valence-corrected chi connectivity index (χ4v) is 2.21. The molecule has 1 atom stereocenters. The number of hydrogen-bond donors (Lipinski definition) is 2. The molecule has 0 radical (unpaired) electrons. The zero-order valence-corrected chi connectivity index (χ0v) is 10.9. The SMILES string of the molecule is C=C1NC(=O)CCC1Nc1cccc(Cl)c1OC. The fourth-order valence-electron chi connectivity index (χ4n) is 1.96. The van der Waals surface area contributed by atoms with Gasteiger partial charge in [0.25, 0.3) is 0 Å². The molecule has 0 bridgehead atoms. The van der Waals surface area contributed by atoms with Crippen LogP contribution < -0.4 is 15.4 Å². The summed E-state index contributed by atoms with van der Waals surface area (Å²) in [5.74, 6) is 0.611. The number of amides is 1. The summed E-state index contributed by atoms with van der Waals surface area (Å²) in [5.41, 5.74) is 1.47. The van der Waals surface area contributed by atoms with Gasteiger partial charge in [0.05, 0.1) is 23.9 Å². The first-order valence-electron chi connectivity index (χ1n) is 5.69. The summed E-state index contributed by atoms with van der Waals surface area (Å²) in [6.45, 7) is 3.85. The van der Waals surface area contributed by atoms with E-state index in [1.165, 1.54) is 0 Å². The topological polar surface area (TPSA) is 50.4 Å². The molecule has 1 saturated heterocycles. The number of anilines is 1. The van der Waals surface area contributed by atoms with Crippen LogP contribution in [0.25, 0.3) is 0 Å². The predicted molar refractivity (Wildman–Crippen MR) is 71.9 cm³/mol. The van der Waals surface area contributed by atoms with E-state index >= 15 is 0 Å². The summed E-state index contributed by atoms with van der Waals surface area (Å²) < 4.78 is 5.26. The summed E-state index contributed by atoms with van der Waals surface area (Å²) in [6.07, 6.45) is 1.19. The molecule has 1 aliphatic heterocycles. The second-order valence-corrected chi connectivity index (χ2v) is 4.54. The van der Waals surface area contributed by atoms with Crippen LogP contribution in [0.4, 0.5) is 5.69 Å². The van der Waals surface area contributed by atoms with E-state index in [9.17, 15) is 4.79 Å². The molecular formula is C13H15ClN2O2. The van der Waals surface area contributed by atoms with E-state index in [0.29, 0.717) is 29.3 Å². The van der Waals surface area contributed by atoms with E-state index < -0.39 is 0 Å². The number of halogens is 1. The van der Waals surface area contributed by atoms with E-state index in [1.54, 1.807) is 13.2 Å². The van der Waals surface area contributed by atoms with Gasteiger partial charge in [-0.05, 0) is 18.6 Å². The van der Waals surface area contributed by atoms with Crippen LogP contribution in [-0.2, 0) is 4.79 Å². The van der Waals surface area contributed by atoms with Crippen LogP contribution in [0.5, 0.6) is 5.75 Å². The maximum atomic E-state index is 11.2. The van der Waals surface area contributed by atoms with Gasteiger partial charge in [-0.1, -0.05) is 24.2 Å². The average Bonchev–Trinajstić information content (AvgIpc) is 2.33. The van der Waals surface area contributed by atoms with Crippen molar-refractivity contribution in [2.45, 2.75) is 18.9 Å². The summed E-state index contributed by atoms with van der Waals surface area (Å²) >= 11 is 6.05. The molecule has 1 aromatic rings. The van der Waals surface area contributed by atoms with E-state index in [1.807, 2.05) is 12.1 Å². The number of carbonyl (C=O) groups is 1. The van der Waals surface area contributed by atoms with Crippen LogP contribution in [0.2, 0.25) is 5.02 Å². The Morgan fingerprint density at radius 3 is 3.00 bits per heavy atom. The Morgan fingerprint density at radius 1 is 1.56 bits per heavy atom. The maximum absolute atomic E-state index is 11.2. The molecule has 1 amide bonds. The molecule has 96 valence electrons. The van der Waals surface area contributed by atoms with Gasteiger partial charge < -0.3 is 15.4 Å². The van der Waals surface area contributed by atoms with Crippen molar-refractivity contribution in [3.63, 3.8) is 0 Å².